The first-order valence-corrected chi connectivity index (χ1v) is 5.84. The van der Waals surface area contributed by atoms with Crippen LogP contribution in [0.15, 0.2) is 43.0 Å². The first-order valence-electron chi connectivity index (χ1n) is 5.84. The van der Waals surface area contributed by atoms with Crippen molar-refractivity contribution in [3.63, 3.8) is 0 Å². The van der Waals surface area contributed by atoms with Crippen molar-refractivity contribution in [1.82, 2.24) is 5.32 Å². The Hall–Kier alpha value is -1.61. The van der Waals surface area contributed by atoms with Gasteiger partial charge in [0.1, 0.15) is 0 Å². The molecule has 1 rings (SSSR count). The number of nitrogens with one attached hydrogen (secondary N) is 1. The van der Waals surface area contributed by atoms with Gasteiger partial charge in [0.25, 0.3) is 0 Å². The molecule has 1 aromatic rings. The zero-order valence-electron chi connectivity index (χ0n) is 10.2. The number of hydrogen-bond donors (Lipinski definition) is 2. The maximum absolute atomic E-state index is 11.7. The molecule has 17 heavy (non-hydrogen) atoms. The second kappa shape index (κ2) is 6.86. The zero-order valence-corrected chi connectivity index (χ0v) is 10.2. The summed E-state index contributed by atoms with van der Waals surface area (Å²) >= 11 is 0. The van der Waals surface area contributed by atoms with Crippen molar-refractivity contribution in [3.05, 3.63) is 48.6 Å². The summed E-state index contributed by atoms with van der Waals surface area (Å²) in [5.74, 6) is -0.0179. The number of carbonyl (C=O) groups excluding carboxylic acids is 1. The highest BCUT2D eigenvalue weighted by atomic mass is 16.1. The van der Waals surface area contributed by atoms with Crippen LogP contribution in [0, 0.1) is 0 Å². The Balaban J connectivity index is 2.43. The largest absolute Gasteiger partial charge is 0.353 e. The number of benzene rings is 1. The van der Waals surface area contributed by atoms with Crippen molar-refractivity contribution in [2.45, 2.75) is 31.8 Å². The summed E-state index contributed by atoms with van der Waals surface area (Å²) in [5, 5.41) is 2.89. The molecule has 0 saturated carbocycles. The first-order chi connectivity index (χ1) is 8.13. The van der Waals surface area contributed by atoms with Crippen molar-refractivity contribution < 1.29 is 4.79 Å². The van der Waals surface area contributed by atoms with Gasteiger partial charge in [0.15, 0.2) is 0 Å². The fraction of sp³-hybridized carbons (Fsp3) is 0.357. The Morgan fingerprint density at radius 2 is 2.12 bits per heavy atom. The van der Waals surface area contributed by atoms with Crippen LogP contribution < -0.4 is 11.1 Å². The molecule has 2 atom stereocenters. The van der Waals surface area contributed by atoms with Crippen molar-refractivity contribution in [1.29, 1.82) is 0 Å². The minimum absolute atomic E-state index is 0.0179. The molecule has 0 heterocycles. The fourth-order valence-corrected chi connectivity index (χ4v) is 1.66. The van der Waals surface area contributed by atoms with Gasteiger partial charge in [-0.15, -0.1) is 6.58 Å². The Labute approximate surface area is 103 Å². The van der Waals surface area contributed by atoms with Crippen LogP contribution in [0.4, 0.5) is 0 Å². The summed E-state index contributed by atoms with van der Waals surface area (Å²) in [6.45, 7) is 5.59. The van der Waals surface area contributed by atoms with E-state index in [0.717, 1.165) is 12.0 Å². The van der Waals surface area contributed by atoms with Crippen molar-refractivity contribution in [2.24, 2.45) is 5.73 Å². The molecule has 0 bridgehead atoms. The quantitative estimate of drug-likeness (QED) is 0.738. The smallest absolute Gasteiger partial charge is 0.222 e. The third-order valence-corrected chi connectivity index (χ3v) is 2.56. The number of nitrogens with two attached hydrogens (primary N) is 1. The van der Waals surface area contributed by atoms with Crippen LogP contribution in [0.1, 0.15) is 31.4 Å². The van der Waals surface area contributed by atoms with E-state index in [4.69, 9.17) is 5.73 Å². The second-order valence-corrected chi connectivity index (χ2v) is 4.21. The van der Waals surface area contributed by atoms with Gasteiger partial charge in [0.05, 0.1) is 0 Å². The van der Waals surface area contributed by atoms with Crippen LogP contribution in [-0.2, 0) is 4.79 Å². The first kappa shape index (κ1) is 13.5. The van der Waals surface area contributed by atoms with E-state index in [0.29, 0.717) is 6.42 Å². The predicted octanol–water partition coefficient (Wildman–Crippen LogP) is 2.16. The molecule has 3 nitrogen and oxygen atoms in total. The van der Waals surface area contributed by atoms with Gasteiger partial charge >= 0.3 is 0 Å². The van der Waals surface area contributed by atoms with Gasteiger partial charge in [-0.25, -0.2) is 0 Å². The lowest BCUT2D eigenvalue weighted by molar-refractivity contribution is -0.122. The minimum atomic E-state index is -0.243. The number of carbonyl (C=O) groups is 1. The molecular formula is C14H20N2O. The second-order valence-electron chi connectivity index (χ2n) is 4.21. The molecule has 0 saturated heterocycles. The minimum Gasteiger partial charge on any atom is -0.353 e. The van der Waals surface area contributed by atoms with E-state index in [2.05, 4.69) is 11.9 Å². The molecule has 0 aliphatic carbocycles. The number of rotatable bonds is 6. The summed E-state index contributed by atoms with van der Waals surface area (Å²) in [6.07, 6.45) is 2.87. The Bertz CT molecular complexity index is 362. The van der Waals surface area contributed by atoms with Crippen LogP contribution in [0.2, 0.25) is 0 Å². The Kier molecular flexibility index (Phi) is 5.43. The van der Waals surface area contributed by atoms with Crippen LogP contribution in [0.25, 0.3) is 0 Å². The third-order valence-electron chi connectivity index (χ3n) is 2.56. The maximum Gasteiger partial charge on any atom is 0.222 e. The lowest BCUT2D eigenvalue weighted by atomic mass is 10.0. The monoisotopic (exact) mass is 232 g/mol. The van der Waals surface area contributed by atoms with E-state index < -0.39 is 0 Å². The van der Waals surface area contributed by atoms with E-state index in [1.807, 2.05) is 37.3 Å². The van der Waals surface area contributed by atoms with Crippen molar-refractivity contribution >= 4 is 5.91 Å². The molecule has 0 spiro atoms. The van der Waals surface area contributed by atoms with Gasteiger partial charge in [-0.2, -0.15) is 0 Å². The summed E-state index contributed by atoms with van der Waals surface area (Å²) in [7, 11) is 0. The third kappa shape index (κ3) is 4.83. The molecule has 92 valence electrons. The van der Waals surface area contributed by atoms with E-state index in [9.17, 15) is 4.79 Å². The van der Waals surface area contributed by atoms with E-state index in [1.165, 1.54) is 0 Å². The summed E-state index contributed by atoms with van der Waals surface area (Å²) < 4.78 is 0. The van der Waals surface area contributed by atoms with Crippen LogP contribution in [-0.4, -0.2) is 11.9 Å². The van der Waals surface area contributed by atoms with Gasteiger partial charge in [-0.3, -0.25) is 4.79 Å². The molecular weight excluding hydrogens is 212 g/mol. The topological polar surface area (TPSA) is 55.1 Å². The van der Waals surface area contributed by atoms with E-state index in [-0.39, 0.29) is 18.0 Å². The highest BCUT2D eigenvalue weighted by Crippen LogP contribution is 2.13. The van der Waals surface area contributed by atoms with Gasteiger partial charge < -0.3 is 11.1 Å². The highest BCUT2D eigenvalue weighted by Gasteiger charge is 2.12. The Morgan fingerprint density at radius 1 is 1.47 bits per heavy atom. The molecule has 0 aliphatic rings. The molecule has 3 N–H and O–H groups in total. The van der Waals surface area contributed by atoms with E-state index >= 15 is 0 Å². The van der Waals surface area contributed by atoms with Crippen LogP contribution >= 0.6 is 0 Å². The SMILES string of the molecule is C=CCC(C)NC(=O)CC(N)c1ccccc1. The fourth-order valence-electron chi connectivity index (χ4n) is 1.66. The molecule has 0 radical (unpaired) electrons. The van der Waals surface area contributed by atoms with Gasteiger partial charge in [-0.05, 0) is 18.9 Å². The van der Waals surface area contributed by atoms with Crippen LogP contribution in [0.3, 0.4) is 0 Å². The highest BCUT2D eigenvalue weighted by molar-refractivity contribution is 5.77. The average molecular weight is 232 g/mol. The molecule has 1 aromatic carbocycles. The van der Waals surface area contributed by atoms with E-state index in [1.54, 1.807) is 6.08 Å². The van der Waals surface area contributed by atoms with Crippen LogP contribution in [0.5, 0.6) is 0 Å². The number of hydrogen-bond acceptors (Lipinski definition) is 2. The molecule has 0 fully saturated rings. The van der Waals surface area contributed by atoms with Crippen molar-refractivity contribution in [3.8, 4) is 0 Å². The van der Waals surface area contributed by atoms with Crippen molar-refractivity contribution in [2.75, 3.05) is 0 Å². The maximum atomic E-state index is 11.7. The normalized spacial score (nSPS) is 13.8. The lowest BCUT2D eigenvalue weighted by Gasteiger charge is -2.15. The molecule has 3 heteroatoms. The predicted molar refractivity (Wildman–Crippen MR) is 70.4 cm³/mol. The Morgan fingerprint density at radius 3 is 2.71 bits per heavy atom. The van der Waals surface area contributed by atoms with Gasteiger partial charge in [0, 0.05) is 18.5 Å². The average Bonchev–Trinajstić information content (AvgIpc) is 2.30. The standard InChI is InChI=1S/C14H20N2O/c1-3-7-11(2)16-14(17)10-13(15)12-8-5-4-6-9-12/h3-6,8-9,11,13H,1,7,10,15H2,2H3,(H,16,17). The molecule has 1 amide bonds. The molecule has 0 aliphatic heterocycles. The van der Waals surface area contributed by atoms with Gasteiger partial charge in [0.2, 0.25) is 5.91 Å². The van der Waals surface area contributed by atoms with Gasteiger partial charge in [-0.1, -0.05) is 36.4 Å². The lowest BCUT2D eigenvalue weighted by Crippen LogP contribution is -2.34. The summed E-state index contributed by atoms with van der Waals surface area (Å²) in [4.78, 5) is 11.7. The number of amides is 1. The summed E-state index contributed by atoms with van der Waals surface area (Å²) in [6, 6.07) is 9.52. The summed E-state index contributed by atoms with van der Waals surface area (Å²) in [5.41, 5.74) is 6.95. The molecule has 0 aromatic heterocycles. The molecule has 2 unspecified atom stereocenters. The zero-order chi connectivity index (χ0) is 12.7.